The van der Waals surface area contributed by atoms with Gasteiger partial charge in [-0.25, -0.2) is 14.6 Å². The average molecular weight is 506 g/mol. The molecule has 0 aromatic carbocycles. The van der Waals surface area contributed by atoms with Gasteiger partial charge in [-0.05, 0) is 43.4 Å². The van der Waals surface area contributed by atoms with Gasteiger partial charge in [0.1, 0.15) is 23.0 Å². The van der Waals surface area contributed by atoms with Crippen molar-refractivity contribution in [3.05, 3.63) is 41.9 Å². The molecule has 2 atom stereocenters. The fraction of sp³-hybridized carbons (Fsp3) is 0.435. The first-order chi connectivity index (χ1) is 17.1. The smallest absolute Gasteiger partial charge is 0.506 e. The van der Waals surface area contributed by atoms with Gasteiger partial charge in [0.2, 0.25) is 0 Å². The zero-order valence-corrected chi connectivity index (χ0v) is 19.4. The first-order valence-corrected chi connectivity index (χ1v) is 11.4. The van der Waals surface area contributed by atoms with Gasteiger partial charge in [-0.3, -0.25) is 4.79 Å². The van der Waals surface area contributed by atoms with Crippen LogP contribution in [0.3, 0.4) is 0 Å². The number of carboxylic acids is 1. The molecule has 3 N–H and O–H groups in total. The highest BCUT2D eigenvalue weighted by Gasteiger charge is 2.32. The van der Waals surface area contributed by atoms with Crippen molar-refractivity contribution in [2.75, 3.05) is 5.32 Å². The molecule has 1 aliphatic rings. The van der Waals surface area contributed by atoms with Crippen LogP contribution < -0.4 is 10.1 Å². The summed E-state index contributed by atoms with van der Waals surface area (Å²) in [6.07, 6.45) is -0.171. The van der Waals surface area contributed by atoms with E-state index in [1.165, 1.54) is 16.9 Å². The predicted molar refractivity (Wildman–Crippen MR) is 121 cm³/mol. The van der Waals surface area contributed by atoms with Crippen LogP contribution in [-0.2, 0) is 24.8 Å². The Hall–Kier alpha value is -3.90. The fourth-order valence-corrected chi connectivity index (χ4v) is 4.45. The minimum Gasteiger partial charge on any atom is -0.506 e. The zero-order valence-electron chi connectivity index (χ0n) is 19.4. The molecule has 4 rings (SSSR count). The number of aromatic hydroxyl groups is 1. The van der Waals surface area contributed by atoms with E-state index in [-0.39, 0.29) is 24.0 Å². The summed E-state index contributed by atoms with van der Waals surface area (Å²) in [4.78, 5) is 20.2. The lowest BCUT2D eigenvalue weighted by atomic mass is 9.77. The van der Waals surface area contributed by atoms with Crippen LogP contribution in [0.25, 0.3) is 11.4 Å². The first-order valence-electron chi connectivity index (χ1n) is 11.4. The van der Waals surface area contributed by atoms with E-state index in [1.54, 1.807) is 13.1 Å². The summed E-state index contributed by atoms with van der Waals surface area (Å²) >= 11 is 0. The maximum atomic E-state index is 12.5. The number of ether oxygens (including phenoxy) is 1. The lowest BCUT2D eigenvalue weighted by Gasteiger charge is -2.28. The number of alkyl halides is 3. The Morgan fingerprint density at radius 1 is 1.25 bits per heavy atom. The van der Waals surface area contributed by atoms with E-state index in [2.05, 4.69) is 30.3 Å². The third-order valence-corrected chi connectivity index (χ3v) is 6.22. The number of aliphatic carboxylic acids is 1. The average Bonchev–Trinajstić information content (AvgIpc) is 3.18. The lowest BCUT2D eigenvalue weighted by Crippen LogP contribution is -2.28. The second-order valence-corrected chi connectivity index (χ2v) is 8.64. The SMILES string of the molecule is Cn1nnc(-c2ccc(O)c(CC3CCCC[C@H]3C(=O)O)n2)c1CNc1cc(OC(F)(F)F)ccn1. The largest absolute Gasteiger partial charge is 0.573 e. The van der Waals surface area contributed by atoms with E-state index < -0.39 is 24.0 Å². The maximum absolute atomic E-state index is 12.5. The number of hydrogen-bond donors (Lipinski definition) is 3. The topological polar surface area (TPSA) is 135 Å². The van der Waals surface area contributed by atoms with Crippen LogP contribution in [0.15, 0.2) is 30.5 Å². The molecule has 1 unspecified atom stereocenters. The molecular formula is C23H25F3N6O4. The number of carboxylic acid groups (broad SMARTS) is 1. The molecule has 1 aliphatic carbocycles. The van der Waals surface area contributed by atoms with E-state index >= 15 is 0 Å². The molecule has 10 nitrogen and oxygen atoms in total. The van der Waals surface area contributed by atoms with E-state index in [4.69, 9.17) is 0 Å². The summed E-state index contributed by atoms with van der Waals surface area (Å²) < 4.78 is 42.9. The number of nitrogens with zero attached hydrogens (tertiary/aromatic N) is 5. The maximum Gasteiger partial charge on any atom is 0.573 e. The van der Waals surface area contributed by atoms with Crippen molar-refractivity contribution in [1.82, 2.24) is 25.0 Å². The summed E-state index contributed by atoms with van der Waals surface area (Å²) in [5.74, 6) is -1.73. The highest BCUT2D eigenvalue weighted by atomic mass is 19.4. The summed E-state index contributed by atoms with van der Waals surface area (Å²) in [5.41, 5.74) is 1.79. The number of nitrogens with one attached hydrogen (secondary N) is 1. The van der Waals surface area contributed by atoms with E-state index in [0.717, 1.165) is 31.4 Å². The van der Waals surface area contributed by atoms with Crippen molar-refractivity contribution in [3.8, 4) is 22.9 Å². The Kier molecular flexibility index (Phi) is 7.27. The first kappa shape index (κ1) is 25.2. The predicted octanol–water partition coefficient (Wildman–Crippen LogP) is 3.92. The Labute approximate surface area is 204 Å². The molecule has 192 valence electrons. The molecule has 3 heterocycles. The van der Waals surface area contributed by atoms with Gasteiger partial charge in [0, 0.05) is 19.3 Å². The van der Waals surface area contributed by atoms with Crippen LogP contribution in [0.2, 0.25) is 0 Å². The second-order valence-electron chi connectivity index (χ2n) is 8.64. The summed E-state index contributed by atoms with van der Waals surface area (Å²) in [6.45, 7) is 0.114. The van der Waals surface area contributed by atoms with Gasteiger partial charge in [-0.1, -0.05) is 18.1 Å². The lowest BCUT2D eigenvalue weighted by molar-refractivity contribution is -0.274. The van der Waals surface area contributed by atoms with Crippen LogP contribution in [0, 0.1) is 11.8 Å². The minimum atomic E-state index is -4.82. The molecule has 1 fully saturated rings. The normalized spacial score (nSPS) is 18.1. The second kappa shape index (κ2) is 10.4. The van der Waals surface area contributed by atoms with Crippen molar-refractivity contribution in [2.24, 2.45) is 18.9 Å². The molecule has 0 spiro atoms. The van der Waals surface area contributed by atoms with Gasteiger partial charge in [0.05, 0.1) is 29.5 Å². The Balaban J connectivity index is 1.53. The zero-order chi connectivity index (χ0) is 25.9. The third kappa shape index (κ3) is 6.01. The van der Waals surface area contributed by atoms with Gasteiger partial charge in [0.15, 0.2) is 0 Å². The molecule has 0 amide bonds. The van der Waals surface area contributed by atoms with Crippen LogP contribution in [0.5, 0.6) is 11.5 Å². The quantitative estimate of drug-likeness (QED) is 0.415. The molecular weight excluding hydrogens is 481 g/mol. The Morgan fingerprint density at radius 3 is 2.78 bits per heavy atom. The number of rotatable bonds is 8. The standard InChI is InChI=1S/C23H25F3N6O4/c1-32-18(12-28-20-11-14(8-9-27-20)36-23(24,25)26)21(30-31-32)16-6-7-19(33)17(29-16)10-13-4-2-3-5-15(13)22(34)35/h6-9,11,13,15,33H,2-5,10,12H2,1H3,(H,27,28)(H,34,35)/t13?,15-/m1/s1. The molecule has 13 heteroatoms. The number of aryl methyl sites for hydroxylation is 1. The Bertz CT molecular complexity index is 1230. The van der Waals surface area contributed by atoms with Gasteiger partial charge in [0.25, 0.3) is 0 Å². The van der Waals surface area contributed by atoms with Crippen LogP contribution >= 0.6 is 0 Å². The van der Waals surface area contributed by atoms with E-state index in [9.17, 15) is 28.2 Å². The van der Waals surface area contributed by atoms with Crippen molar-refractivity contribution < 1.29 is 32.9 Å². The molecule has 0 aliphatic heterocycles. The summed E-state index contributed by atoms with van der Waals surface area (Å²) in [7, 11) is 1.66. The molecule has 3 aromatic rings. The number of halogens is 3. The third-order valence-electron chi connectivity index (χ3n) is 6.22. The number of anilines is 1. The number of carbonyl (C=O) groups is 1. The fourth-order valence-electron chi connectivity index (χ4n) is 4.45. The molecule has 36 heavy (non-hydrogen) atoms. The van der Waals surface area contributed by atoms with Gasteiger partial charge in [-0.15, -0.1) is 18.3 Å². The summed E-state index contributed by atoms with van der Waals surface area (Å²) in [6, 6.07) is 5.29. The molecule has 0 bridgehead atoms. The van der Waals surface area contributed by atoms with Crippen molar-refractivity contribution in [2.45, 2.75) is 45.0 Å². The molecule has 0 saturated heterocycles. The monoisotopic (exact) mass is 506 g/mol. The molecule has 3 aromatic heterocycles. The van der Waals surface area contributed by atoms with E-state index in [1.807, 2.05) is 0 Å². The molecule has 1 saturated carbocycles. The number of hydrogen-bond acceptors (Lipinski definition) is 8. The van der Waals surface area contributed by atoms with Crippen LogP contribution in [0.4, 0.5) is 19.0 Å². The highest BCUT2D eigenvalue weighted by Crippen LogP contribution is 2.35. The number of aromatic nitrogens is 5. The van der Waals surface area contributed by atoms with Crippen LogP contribution in [0.1, 0.15) is 37.1 Å². The van der Waals surface area contributed by atoms with Crippen molar-refractivity contribution in [1.29, 1.82) is 0 Å². The van der Waals surface area contributed by atoms with Crippen molar-refractivity contribution >= 4 is 11.8 Å². The van der Waals surface area contributed by atoms with Gasteiger partial charge in [-0.2, -0.15) is 0 Å². The molecule has 0 radical (unpaired) electrons. The van der Waals surface area contributed by atoms with Crippen LogP contribution in [-0.4, -0.2) is 47.5 Å². The Morgan fingerprint density at radius 2 is 2.03 bits per heavy atom. The number of pyridine rings is 2. The highest BCUT2D eigenvalue weighted by molar-refractivity contribution is 5.70. The minimum absolute atomic E-state index is 0.0253. The van der Waals surface area contributed by atoms with Gasteiger partial charge >= 0.3 is 12.3 Å². The van der Waals surface area contributed by atoms with E-state index in [0.29, 0.717) is 35.6 Å². The van der Waals surface area contributed by atoms with Gasteiger partial charge < -0.3 is 20.3 Å². The summed E-state index contributed by atoms with van der Waals surface area (Å²) in [5, 5.41) is 31.1. The van der Waals surface area contributed by atoms with Crippen molar-refractivity contribution in [3.63, 3.8) is 0 Å².